The van der Waals surface area contributed by atoms with Crippen LogP contribution in [0, 0.1) is 17.3 Å². The normalized spacial score (nSPS) is 25.4. The molecule has 1 amide bonds. The molecule has 1 aromatic heterocycles. The van der Waals surface area contributed by atoms with Gasteiger partial charge < -0.3 is 38.3 Å². The molecule has 3 aliphatic carbocycles. The summed E-state index contributed by atoms with van der Waals surface area (Å²) in [5.41, 5.74) is -0.944. The van der Waals surface area contributed by atoms with Crippen LogP contribution in [0.1, 0.15) is 96.8 Å². The number of hydrogen-bond acceptors (Lipinski definition) is 12. The van der Waals surface area contributed by atoms with Crippen LogP contribution in [0.2, 0.25) is 6.32 Å². The second-order valence-corrected chi connectivity index (χ2v) is 17.0. The molecule has 2 bridgehead atoms. The van der Waals surface area contributed by atoms with Crippen molar-refractivity contribution in [1.82, 2.24) is 19.9 Å². The van der Waals surface area contributed by atoms with E-state index in [1.165, 1.54) is 10.9 Å². The van der Waals surface area contributed by atoms with E-state index in [1.54, 1.807) is 58.6 Å². The summed E-state index contributed by atoms with van der Waals surface area (Å²) in [6.07, 6.45) is 2.92. The van der Waals surface area contributed by atoms with E-state index in [0.29, 0.717) is 35.8 Å². The summed E-state index contributed by atoms with van der Waals surface area (Å²) < 4.78 is 37.9. The number of ether oxygens (including phenoxy) is 4. The van der Waals surface area contributed by atoms with E-state index in [4.69, 9.17) is 28.3 Å². The average Bonchev–Trinajstić information content (AvgIpc) is 3.58. The Bertz CT molecular complexity index is 1660. The van der Waals surface area contributed by atoms with Crippen LogP contribution in [-0.4, -0.2) is 92.3 Å². The van der Waals surface area contributed by atoms with Gasteiger partial charge in [-0.1, -0.05) is 25.1 Å². The maximum atomic E-state index is 13.9. The highest BCUT2D eigenvalue weighted by atomic mass is 16.7. The summed E-state index contributed by atoms with van der Waals surface area (Å²) in [7, 11) is -0.463. The van der Waals surface area contributed by atoms with Crippen LogP contribution in [0.5, 0.6) is 11.5 Å². The second kappa shape index (κ2) is 13.4. The van der Waals surface area contributed by atoms with Crippen LogP contribution in [-0.2, 0) is 43.1 Å². The summed E-state index contributed by atoms with van der Waals surface area (Å²) in [4.78, 5) is 41.5. The number of aliphatic hydroxyl groups excluding tert-OH is 1. The molecule has 7 rings (SSSR count). The third-order valence-corrected chi connectivity index (χ3v) is 10.7. The molecule has 5 fully saturated rings. The predicted molar refractivity (Wildman–Crippen MR) is 184 cm³/mol. The van der Waals surface area contributed by atoms with Crippen molar-refractivity contribution >= 4 is 25.2 Å². The molecule has 0 unspecified atom stereocenters. The third kappa shape index (κ3) is 7.61. The zero-order chi connectivity index (χ0) is 37.1. The molecule has 51 heavy (non-hydrogen) atoms. The van der Waals surface area contributed by atoms with E-state index in [2.05, 4.69) is 31.1 Å². The van der Waals surface area contributed by atoms with Crippen molar-refractivity contribution in [1.29, 1.82) is 0 Å². The quantitative estimate of drug-likeness (QED) is 0.208. The van der Waals surface area contributed by atoms with Gasteiger partial charge in [0.05, 0.1) is 43.3 Å². The van der Waals surface area contributed by atoms with Crippen LogP contribution in [0.4, 0.5) is 4.79 Å². The lowest BCUT2D eigenvalue weighted by molar-refractivity contribution is -0.199. The Kier molecular flexibility index (Phi) is 9.73. The number of amides is 1. The number of nitrogens with zero attached hydrogens (tertiary/aromatic N) is 4. The molecular weight excluding hydrogens is 659 g/mol. The molecule has 14 nitrogen and oxygen atoms in total. The molecule has 3 heterocycles. The SMILES string of the molecule is CC(C)(C)OC(=O)Oc1c(CCB2O[C@@H]3C[C@@H]4C[C@@H](C4(C)C)[C@]3(C)O2)ccc(OC2CN(C(=O)Cn3nncc3CO)C2)c1C(=O)OC(C)(C)C. The minimum Gasteiger partial charge on any atom is -0.486 e. The lowest BCUT2D eigenvalue weighted by atomic mass is 9.43. The number of aliphatic hydroxyl groups is 1. The Labute approximate surface area is 299 Å². The Hall–Kier alpha value is -3.69. The second-order valence-electron chi connectivity index (χ2n) is 17.0. The van der Waals surface area contributed by atoms with Gasteiger partial charge in [0.2, 0.25) is 5.91 Å². The molecule has 5 aliphatic rings. The number of esters is 1. The van der Waals surface area contributed by atoms with Crippen LogP contribution in [0.15, 0.2) is 18.3 Å². The summed E-state index contributed by atoms with van der Waals surface area (Å²) >= 11 is 0. The molecule has 15 heteroatoms. The molecule has 1 aromatic carbocycles. The van der Waals surface area contributed by atoms with Crippen LogP contribution in [0.25, 0.3) is 0 Å². The molecule has 3 saturated carbocycles. The first-order chi connectivity index (χ1) is 23.8. The van der Waals surface area contributed by atoms with E-state index in [9.17, 15) is 19.5 Å². The third-order valence-electron chi connectivity index (χ3n) is 10.7. The highest BCUT2D eigenvalue weighted by Gasteiger charge is 2.67. The Morgan fingerprint density at radius 1 is 1.04 bits per heavy atom. The van der Waals surface area contributed by atoms with E-state index in [1.807, 2.05) is 0 Å². The Morgan fingerprint density at radius 2 is 1.75 bits per heavy atom. The Balaban J connectivity index is 1.23. The summed E-state index contributed by atoms with van der Waals surface area (Å²) in [5, 5.41) is 17.1. The van der Waals surface area contributed by atoms with Gasteiger partial charge in [0.15, 0.2) is 5.75 Å². The van der Waals surface area contributed by atoms with Gasteiger partial charge in [0.1, 0.15) is 35.2 Å². The van der Waals surface area contributed by atoms with Crippen molar-refractivity contribution < 1.29 is 47.7 Å². The zero-order valence-electron chi connectivity index (χ0n) is 31.2. The topological polar surface area (TPSA) is 161 Å². The van der Waals surface area contributed by atoms with Crippen LogP contribution in [0.3, 0.4) is 0 Å². The molecule has 0 radical (unpaired) electrons. The highest BCUT2D eigenvalue weighted by molar-refractivity contribution is 6.45. The van der Waals surface area contributed by atoms with Crippen LogP contribution < -0.4 is 9.47 Å². The van der Waals surface area contributed by atoms with E-state index in [-0.39, 0.29) is 66.3 Å². The van der Waals surface area contributed by atoms with Crippen molar-refractivity contribution in [3.8, 4) is 11.5 Å². The first-order valence-corrected chi connectivity index (χ1v) is 17.8. The van der Waals surface area contributed by atoms with Gasteiger partial charge in [-0.25, -0.2) is 14.3 Å². The van der Waals surface area contributed by atoms with Gasteiger partial charge in [-0.15, -0.1) is 5.10 Å². The molecule has 2 aliphatic heterocycles. The van der Waals surface area contributed by atoms with Gasteiger partial charge in [-0.05, 0) is 103 Å². The molecule has 0 spiro atoms. The first-order valence-electron chi connectivity index (χ1n) is 17.8. The van der Waals surface area contributed by atoms with Crippen molar-refractivity contribution in [2.45, 2.75) is 130 Å². The van der Waals surface area contributed by atoms with Gasteiger partial charge in [-0.3, -0.25) is 4.79 Å². The molecular formula is C36H51BN4O10. The molecule has 2 saturated heterocycles. The van der Waals surface area contributed by atoms with Crippen LogP contribution >= 0.6 is 0 Å². The number of aromatic nitrogens is 3. The fraction of sp³-hybridized carbons (Fsp3) is 0.694. The summed E-state index contributed by atoms with van der Waals surface area (Å²) in [5.74, 6) is 0.208. The number of hydrogen-bond donors (Lipinski definition) is 1. The number of likely N-dealkylation sites (tertiary alicyclic amines) is 1. The zero-order valence-corrected chi connectivity index (χ0v) is 31.2. The largest absolute Gasteiger partial charge is 0.514 e. The number of aryl methyl sites for hydroxylation is 1. The fourth-order valence-corrected chi connectivity index (χ4v) is 7.90. The predicted octanol–water partition coefficient (Wildman–Crippen LogP) is 4.60. The minimum atomic E-state index is -0.976. The smallest absolute Gasteiger partial charge is 0.486 e. The van der Waals surface area contributed by atoms with Crippen molar-refractivity contribution in [2.24, 2.45) is 17.3 Å². The van der Waals surface area contributed by atoms with Crippen molar-refractivity contribution in [3.63, 3.8) is 0 Å². The standard InChI is InChI=1S/C36H51BN4O10/c1-33(2,3)48-31(44)29-25(46-24-17-40(18-24)28(43)19-41-23(20-42)16-38-39-41)11-10-21(30(29)47-32(45)49-34(4,5)6)12-13-37-50-27-15-22-14-26(35(22,7)8)36(27,9)51-37/h10-11,16,22,24,26-27,42H,12-15,17-20H2,1-9H3/t22-,26-,27+,36-/m0/s1. The molecule has 4 atom stereocenters. The van der Waals surface area contributed by atoms with Gasteiger partial charge in [0.25, 0.3) is 0 Å². The Morgan fingerprint density at radius 3 is 2.39 bits per heavy atom. The summed E-state index contributed by atoms with van der Waals surface area (Å²) in [6, 6.07) is 3.42. The minimum absolute atomic E-state index is 0.0176. The van der Waals surface area contributed by atoms with E-state index >= 15 is 0 Å². The van der Waals surface area contributed by atoms with Gasteiger partial charge in [-0.2, -0.15) is 0 Å². The van der Waals surface area contributed by atoms with Crippen molar-refractivity contribution in [2.75, 3.05) is 13.1 Å². The molecule has 2 aromatic rings. The fourth-order valence-electron chi connectivity index (χ4n) is 7.90. The monoisotopic (exact) mass is 710 g/mol. The van der Waals surface area contributed by atoms with Gasteiger partial charge in [0, 0.05) is 0 Å². The number of carbonyl (C=O) groups excluding carboxylic acids is 3. The number of rotatable bonds is 10. The maximum Gasteiger partial charge on any atom is 0.514 e. The van der Waals surface area contributed by atoms with Crippen molar-refractivity contribution in [3.05, 3.63) is 35.2 Å². The van der Waals surface area contributed by atoms with Gasteiger partial charge >= 0.3 is 19.2 Å². The lowest BCUT2D eigenvalue weighted by Crippen LogP contribution is -2.65. The maximum absolute atomic E-state index is 13.9. The lowest BCUT2D eigenvalue weighted by Gasteiger charge is -2.64. The molecule has 278 valence electrons. The number of benzene rings is 1. The summed E-state index contributed by atoms with van der Waals surface area (Å²) in [6.45, 7) is 17.3. The average molecular weight is 711 g/mol. The van der Waals surface area contributed by atoms with E-state index < -0.39 is 36.5 Å². The number of carbonyl (C=O) groups is 3. The first kappa shape index (κ1) is 37.1. The highest BCUT2D eigenvalue weighted by Crippen LogP contribution is 2.65. The van der Waals surface area contributed by atoms with E-state index in [0.717, 1.165) is 12.8 Å². The molecule has 1 N–H and O–H groups in total.